The van der Waals surface area contributed by atoms with Gasteiger partial charge in [0.15, 0.2) is 0 Å². The number of nitrogens with one attached hydrogen (secondary N) is 1. The number of hydrogen-bond donors (Lipinski definition) is 1. The summed E-state index contributed by atoms with van der Waals surface area (Å²) in [6.45, 7) is 7.79. The fraction of sp³-hybridized carbons (Fsp3) is 0.846. The molecule has 0 aromatic rings. The maximum atomic E-state index is 3.57. The molecular formula is C13H23N. The van der Waals surface area contributed by atoms with Crippen molar-refractivity contribution >= 4 is 0 Å². The Labute approximate surface area is 88.7 Å². The van der Waals surface area contributed by atoms with Crippen molar-refractivity contribution in [2.75, 3.05) is 6.54 Å². The van der Waals surface area contributed by atoms with Crippen LogP contribution in [0.5, 0.6) is 0 Å². The summed E-state index contributed by atoms with van der Waals surface area (Å²) in [5.74, 6) is 6.10. The van der Waals surface area contributed by atoms with Gasteiger partial charge in [0.2, 0.25) is 0 Å². The summed E-state index contributed by atoms with van der Waals surface area (Å²) in [4.78, 5) is 0. The van der Waals surface area contributed by atoms with E-state index in [1.165, 1.54) is 32.2 Å². The van der Waals surface area contributed by atoms with Crippen LogP contribution in [0.4, 0.5) is 0 Å². The Morgan fingerprint density at radius 1 is 1.29 bits per heavy atom. The maximum absolute atomic E-state index is 3.57. The van der Waals surface area contributed by atoms with Crippen LogP contribution in [0.2, 0.25) is 0 Å². The minimum Gasteiger partial charge on any atom is -0.314 e. The third-order valence-corrected chi connectivity index (χ3v) is 2.92. The van der Waals surface area contributed by atoms with E-state index in [1.807, 2.05) is 6.92 Å². The van der Waals surface area contributed by atoms with Crippen molar-refractivity contribution in [2.45, 2.75) is 58.9 Å². The molecule has 1 saturated carbocycles. The van der Waals surface area contributed by atoms with Crippen molar-refractivity contribution in [1.82, 2.24) is 5.32 Å². The lowest BCUT2D eigenvalue weighted by Gasteiger charge is -2.23. The van der Waals surface area contributed by atoms with Crippen LogP contribution in [0, 0.1) is 17.3 Å². The molecule has 0 amide bonds. The molecule has 0 aromatic heterocycles. The molecular weight excluding hydrogens is 170 g/mol. The molecule has 1 N–H and O–H groups in total. The van der Waals surface area contributed by atoms with Gasteiger partial charge in [-0.05, 0) is 44.6 Å². The zero-order valence-corrected chi connectivity index (χ0v) is 9.82. The van der Waals surface area contributed by atoms with Crippen molar-refractivity contribution in [3.8, 4) is 11.8 Å². The lowest BCUT2D eigenvalue weighted by atomic mass is 9.84. The van der Waals surface area contributed by atoms with Crippen molar-refractivity contribution in [3.05, 3.63) is 0 Å². The minimum absolute atomic E-state index is 0.450. The van der Waals surface area contributed by atoms with Crippen LogP contribution in [0.1, 0.15) is 52.9 Å². The average molecular weight is 193 g/mol. The summed E-state index contributed by atoms with van der Waals surface area (Å²) in [6.07, 6.45) is 6.32. The van der Waals surface area contributed by atoms with Gasteiger partial charge in [0, 0.05) is 12.5 Å². The highest BCUT2D eigenvalue weighted by atomic mass is 14.9. The molecule has 0 aliphatic heterocycles. The van der Waals surface area contributed by atoms with Gasteiger partial charge in [-0.25, -0.2) is 0 Å². The first-order valence-electron chi connectivity index (χ1n) is 5.77. The summed E-state index contributed by atoms with van der Waals surface area (Å²) in [7, 11) is 0. The van der Waals surface area contributed by atoms with E-state index >= 15 is 0 Å². The fourth-order valence-corrected chi connectivity index (χ4v) is 1.55. The third-order valence-electron chi connectivity index (χ3n) is 2.92. The van der Waals surface area contributed by atoms with E-state index in [0.717, 1.165) is 12.5 Å². The van der Waals surface area contributed by atoms with Gasteiger partial charge in [0.1, 0.15) is 0 Å². The van der Waals surface area contributed by atoms with E-state index in [0.29, 0.717) is 5.41 Å². The first-order valence-corrected chi connectivity index (χ1v) is 5.77. The van der Waals surface area contributed by atoms with Crippen LogP contribution < -0.4 is 5.32 Å². The topological polar surface area (TPSA) is 12.0 Å². The first kappa shape index (κ1) is 11.6. The van der Waals surface area contributed by atoms with Gasteiger partial charge in [0.25, 0.3) is 0 Å². The van der Waals surface area contributed by atoms with E-state index in [2.05, 4.69) is 31.0 Å². The Morgan fingerprint density at radius 3 is 2.57 bits per heavy atom. The molecule has 0 aromatic carbocycles. The van der Waals surface area contributed by atoms with Crippen molar-refractivity contribution < 1.29 is 0 Å². The smallest absolute Gasteiger partial charge is 0.00936 e. The molecule has 1 heteroatoms. The molecule has 0 atom stereocenters. The normalized spacial score (nSPS) is 16.2. The van der Waals surface area contributed by atoms with Crippen LogP contribution in [-0.4, -0.2) is 12.6 Å². The minimum atomic E-state index is 0.450. The molecule has 1 fully saturated rings. The largest absolute Gasteiger partial charge is 0.314 e. The summed E-state index contributed by atoms with van der Waals surface area (Å²) in [5.41, 5.74) is 0.450. The zero-order valence-electron chi connectivity index (χ0n) is 9.82. The molecule has 0 saturated heterocycles. The first-order chi connectivity index (χ1) is 6.64. The summed E-state index contributed by atoms with van der Waals surface area (Å²) in [5, 5.41) is 3.57. The number of rotatable bonds is 6. The van der Waals surface area contributed by atoms with E-state index < -0.39 is 0 Å². The standard InChI is InChI=1S/C13H23N/c1-4-5-6-9-13(2,3)10-11-14-12-7-8-12/h12,14H,6-11H2,1-3H3. The predicted molar refractivity (Wildman–Crippen MR) is 62.1 cm³/mol. The third kappa shape index (κ3) is 5.29. The lowest BCUT2D eigenvalue weighted by molar-refractivity contribution is 0.306. The molecule has 1 aliphatic carbocycles. The Bertz CT molecular complexity index is 215. The molecule has 0 heterocycles. The highest BCUT2D eigenvalue weighted by molar-refractivity contribution is 4.95. The van der Waals surface area contributed by atoms with E-state index in [1.54, 1.807) is 0 Å². The van der Waals surface area contributed by atoms with Crippen molar-refractivity contribution in [3.63, 3.8) is 0 Å². The average Bonchev–Trinajstić information content (AvgIpc) is 2.88. The maximum Gasteiger partial charge on any atom is 0.00936 e. The molecule has 1 nitrogen and oxygen atoms in total. The summed E-state index contributed by atoms with van der Waals surface area (Å²) in [6, 6.07) is 0.848. The van der Waals surface area contributed by atoms with Crippen LogP contribution in [0.3, 0.4) is 0 Å². The van der Waals surface area contributed by atoms with Gasteiger partial charge in [0.05, 0.1) is 0 Å². The van der Waals surface area contributed by atoms with Gasteiger partial charge < -0.3 is 5.32 Å². The molecule has 0 bridgehead atoms. The van der Waals surface area contributed by atoms with E-state index in [9.17, 15) is 0 Å². The summed E-state index contributed by atoms with van der Waals surface area (Å²) < 4.78 is 0. The Morgan fingerprint density at radius 2 is 2.00 bits per heavy atom. The molecule has 80 valence electrons. The highest BCUT2D eigenvalue weighted by Gasteiger charge is 2.22. The second-order valence-electron chi connectivity index (χ2n) is 5.07. The van der Waals surface area contributed by atoms with Gasteiger partial charge in [-0.15, -0.1) is 11.8 Å². The number of hydrogen-bond acceptors (Lipinski definition) is 1. The van der Waals surface area contributed by atoms with Crippen LogP contribution >= 0.6 is 0 Å². The second kappa shape index (κ2) is 5.41. The quantitative estimate of drug-likeness (QED) is 0.639. The Hall–Kier alpha value is -0.480. The van der Waals surface area contributed by atoms with Crippen LogP contribution in [0.15, 0.2) is 0 Å². The monoisotopic (exact) mass is 193 g/mol. The zero-order chi connectivity index (χ0) is 10.4. The van der Waals surface area contributed by atoms with E-state index in [-0.39, 0.29) is 0 Å². The Kier molecular flexibility index (Phi) is 4.48. The second-order valence-corrected chi connectivity index (χ2v) is 5.07. The van der Waals surface area contributed by atoms with Crippen LogP contribution in [-0.2, 0) is 0 Å². The van der Waals surface area contributed by atoms with Gasteiger partial charge in [-0.1, -0.05) is 13.8 Å². The molecule has 0 radical (unpaired) electrons. The molecule has 0 unspecified atom stereocenters. The van der Waals surface area contributed by atoms with Crippen molar-refractivity contribution in [1.29, 1.82) is 0 Å². The highest BCUT2D eigenvalue weighted by Crippen LogP contribution is 2.26. The summed E-state index contributed by atoms with van der Waals surface area (Å²) >= 11 is 0. The molecule has 14 heavy (non-hydrogen) atoms. The molecule has 0 spiro atoms. The van der Waals surface area contributed by atoms with Gasteiger partial charge >= 0.3 is 0 Å². The van der Waals surface area contributed by atoms with Gasteiger partial charge in [-0.3, -0.25) is 0 Å². The molecule has 1 rings (SSSR count). The van der Waals surface area contributed by atoms with Gasteiger partial charge in [-0.2, -0.15) is 0 Å². The fourth-order valence-electron chi connectivity index (χ4n) is 1.55. The molecule has 1 aliphatic rings. The predicted octanol–water partition coefficient (Wildman–Crippen LogP) is 2.96. The Balaban J connectivity index is 2.07. The SMILES string of the molecule is CC#CCCC(C)(C)CCNC1CC1. The van der Waals surface area contributed by atoms with Crippen molar-refractivity contribution in [2.24, 2.45) is 5.41 Å². The lowest BCUT2D eigenvalue weighted by Crippen LogP contribution is -2.23. The van der Waals surface area contributed by atoms with Crippen LogP contribution in [0.25, 0.3) is 0 Å². The van der Waals surface area contributed by atoms with E-state index in [4.69, 9.17) is 0 Å².